The van der Waals surface area contributed by atoms with Crippen LogP contribution in [0.25, 0.3) is 22.3 Å². The van der Waals surface area contributed by atoms with Gasteiger partial charge < -0.3 is 9.80 Å². The van der Waals surface area contributed by atoms with Gasteiger partial charge >= 0.3 is 0 Å². The summed E-state index contributed by atoms with van der Waals surface area (Å²) in [5.41, 5.74) is 24.4. The Morgan fingerprint density at radius 2 is 0.967 bits per heavy atom. The largest absolute Gasteiger partial charge is 0.311 e. The van der Waals surface area contributed by atoms with E-state index in [4.69, 9.17) is 0 Å². The van der Waals surface area contributed by atoms with Crippen LogP contribution in [0.2, 0.25) is 0 Å². The topological polar surface area (TPSA) is 6.48 Å². The minimum absolute atomic E-state index is 0.00114. The summed E-state index contributed by atoms with van der Waals surface area (Å²) in [7, 11) is 0. The molecule has 300 valence electrons. The number of hydrogen-bond donors (Lipinski definition) is 0. The fraction of sp³-hybridized carbons (Fsp3) is 0.263. The number of hydrogen-bond acceptors (Lipinski definition) is 2. The Balaban J connectivity index is 1.29. The first kappa shape index (κ1) is 39.7. The molecular formula is C57H59BN2. The van der Waals surface area contributed by atoms with E-state index >= 15 is 0 Å². The van der Waals surface area contributed by atoms with Gasteiger partial charge in [0.15, 0.2) is 0 Å². The molecule has 7 aromatic rings. The molecule has 0 spiro atoms. The lowest BCUT2D eigenvalue weighted by Crippen LogP contribution is -2.61. The van der Waals surface area contributed by atoms with Crippen LogP contribution in [-0.2, 0) is 16.2 Å². The second kappa shape index (κ2) is 14.2. The fourth-order valence-corrected chi connectivity index (χ4v) is 9.58. The van der Waals surface area contributed by atoms with Crippen molar-refractivity contribution in [2.24, 2.45) is 0 Å². The molecule has 0 radical (unpaired) electrons. The standard InChI is InChI=1S/C57H59BN2/c1-36-30-52-54-53(31-36)60(45-18-15-17-39(33-45)40-20-27-47(38(3)32-40)46-19-14-13-16-37(46)2)51-35-43(57(10,11)12)23-28-48(51)58(54)49-34-42(56(7,8)9)24-29-50(49)59(52)44-25-21-41(22-26-44)55(4,5)6/h13-35H,1-12H3. The van der Waals surface area contributed by atoms with Crippen molar-refractivity contribution in [1.29, 1.82) is 0 Å². The highest BCUT2D eigenvalue weighted by Gasteiger charge is 2.44. The van der Waals surface area contributed by atoms with Crippen molar-refractivity contribution < 1.29 is 0 Å². The van der Waals surface area contributed by atoms with Crippen molar-refractivity contribution in [2.45, 2.75) is 99.3 Å². The Kier molecular flexibility index (Phi) is 9.36. The van der Waals surface area contributed by atoms with E-state index in [2.05, 4.69) is 232 Å². The number of nitrogens with zero attached hydrogens (tertiary/aromatic N) is 2. The van der Waals surface area contributed by atoms with Gasteiger partial charge in [0, 0.05) is 34.1 Å². The quantitative estimate of drug-likeness (QED) is 0.164. The molecule has 0 atom stereocenters. The van der Waals surface area contributed by atoms with E-state index in [1.54, 1.807) is 0 Å². The Morgan fingerprint density at radius 3 is 1.62 bits per heavy atom. The zero-order valence-corrected chi connectivity index (χ0v) is 37.8. The molecule has 0 bridgehead atoms. The average molecular weight is 783 g/mol. The van der Waals surface area contributed by atoms with Crippen molar-refractivity contribution in [2.75, 3.05) is 9.80 Å². The van der Waals surface area contributed by atoms with Gasteiger partial charge in [-0.2, -0.15) is 0 Å². The number of anilines is 6. The van der Waals surface area contributed by atoms with Crippen LogP contribution >= 0.6 is 0 Å². The lowest BCUT2D eigenvalue weighted by Gasteiger charge is -2.45. The van der Waals surface area contributed by atoms with Crippen LogP contribution in [0.15, 0.2) is 140 Å². The monoisotopic (exact) mass is 782 g/mol. The number of aryl methyl sites for hydroxylation is 3. The van der Waals surface area contributed by atoms with Gasteiger partial charge in [-0.25, -0.2) is 0 Å². The van der Waals surface area contributed by atoms with E-state index in [0.717, 1.165) is 0 Å². The molecule has 9 rings (SSSR count). The molecule has 0 amide bonds. The predicted octanol–water partition coefficient (Wildman–Crippen LogP) is 13.9. The molecule has 2 aliphatic heterocycles. The van der Waals surface area contributed by atoms with E-state index < -0.39 is 0 Å². The molecule has 60 heavy (non-hydrogen) atoms. The maximum absolute atomic E-state index is 2.57. The summed E-state index contributed by atoms with van der Waals surface area (Å²) in [6.07, 6.45) is 0. The van der Waals surface area contributed by atoms with Crippen molar-refractivity contribution in [3.8, 4) is 22.3 Å². The van der Waals surface area contributed by atoms with Crippen LogP contribution in [0.1, 0.15) is 95.7 Å². The molecule has 3 heteroatoms. The molecule has 0 aromatic heterocycles. The normalized spacial score (nSPS) is 13.6. The van der Waals surface area contributed by atoms with E-state index in [1.807, 2.05) is 0 Å². The Labute approximate surface area is 360 Å². The van der Waals surface area contributed by atoms with Crippen LogP contribution in [0, 0.1) is 20.8 Å². The fourth-order valence-electron chi connectivity index (χ4n) is 9.58. The van der Waals surface area contributed by atoms with Gasteiger partial charge in [0.1, 0.15) is 0 Å². The summed E-state index contributed by atoms with van der Waals surface area (Å²) in [4.78, 5) is 5.11. The van der Waals surface area contributed by atoms with E-state index in [1.165, 1.54) is 106 Å². The van der Waals surface area contributed by atoms with Crippen LogP contribution < -0.4 is 26.2 Å². The predicted molar refractivity (Wildman–Crippen MR) is 262 cm³/mol. The Bertz CT molecular complexity index is 2810. The zero-order valence-electron chi connectivity index (χ0n) is 37.8. The first-order chi connectivity index (χ1) is 28.4. The summed E-state index contributed by atoms with van der Waals surface area (Å²) >= 11 is 0. The molecule has 0 N–H and O–H groups in total. The molecular weight excluding hydrogens is 723 g/mol. The molecule has 2 nitrogen and oxygen atoms in total. The molecule has 0 saturated carbocycles. The highest BCUT2D eigenvalue weighted by molar-refractivity contribution is 7.00. The first-order valence-electron chi connectivity index (χ1n) is 21.8. The third kappa shape index (κ3) is 6.77. The highest BCUT2D eigenvalue weighted by Crippen LogP contribution is 2.46. The van der Waals surface area contributed by atoms with Gasteiger partial charge in [-0.3, -0.25) is 0 Å². The van der Waals surface area contributed by atoms with Gasteiger partial charge in [0.25, 0.3) is 6.71 Å². The van der Waals surface area contributed by atoms with Crippen molar-refractivity contribution >= 4 is 57.2 Å². The first-order valence-corrected chi connectivity index (χ1v) is 21.8. The highest BCUT2D eigenvalue weighted by atomic mass is 15.2. The minimum atomic E-state index is -0.0170. The van der Waals surface area contributed by atoms with E-state index in [0.29, 0.717) is 0 Å². The molecule has 0 aliphatic carbocycles. The second-order valence-corrected chi connectivity index (χ2v) is 20.6. The minimum Gasteiger partial charge on any atom is -0.311 e. The molecule has 0 unspecified atom stereocenters. The lowest BCUT2D eigenvalue weighted by molar-refractivity contribution is 0.590. The van der Waals surface area contributed by atoms with Crippen LogP contribution in [0.5, 0.6) is 0 Å². The zero-order chi connectivity index (χ0) is 42.5. The Morgan fingerprint density at radius 1 is 0.383 bits per heavy atom. The third-order valence-corrected chi connectivity index (χ3v) is 13.0. The van der Waals surface area contributed by atoms with Crippen molar-refractivity contribution in [3.05, 3.63) is 173 Å². The van der Waals surface area contributed by atoms with Gasteiger partial charge in [-0.1, -0.05) is 153 Å². The molecule has 0 saturated heterocycles. The summed E-state index contributed by atoms with van der Waals surface area (Å²) in [5, 5.41) is 0. The molecule has 7 aromatic carbocycles. The smallest absolute Gasteiger partial charge is 0.252 e. The number of rotatable bonds is 4. The van der Waals surface area contributed by atoms with Gasteiger partial charge in [0.2, 0.25) is 0 Å². The number of fused-ring (bicyclic) bond motifs is 4. The maximum Gasteiger partial charge on any atom is 0.252 e. The van der Waals surface area contributed by atoms with Gasteiger partial charge in [-0.15, -0.1) is 0 Å². The summed E-state index contributed by atoms with van der Waals surface area (Å²) in [5.74, 6) is 0. The maximum atomic E-state index is 2.57. The van der Waals surface area contributed by atoms with Crippen LogP contribution in [0.4, 0.5) is 34.1 Å². The summed E-state index contributed by atoms with van der Waals surface area (Å²) in [6, 6.07) is 53.6. The van der Waals surface area contributed by atoms with E-state index in [-0.39, 0.29) is 23.0 Å². The number of benzene rings is 7. The van der Waals surface area contributed by atoms with Crippen LogP contribution in [-0.4, -0.2) is 6.71 Å². The Hall–Kier alpha value is -5.80. The van der Waals surface area contributed by atoms with Gasteiger partial charge in [0.05, 0.1) is 0 Å². The molecule has 2 heterocycles. The summed E-state index contributed by atoms with van der Waals surface area (Å²) < 4.78 is 0. The van der Waals surface area contributed by atoms with Crippen molar-refractivity contribution in [3.63, 3.8) is 0 Å². The third-order valence-electron chi connectivity index (χ3n) is 13.0. The van der Waals surface area contributed by atoms with E-state index in [9.17, 15) is 0 Å². The SMILES string of the molecule is Cc1cc2c3c(c1)N(c1cccc(-c4ccc(-c5ccccc5C)c(C)c4)c1)c1cc(C(C)(C)C)ccc1B3c1cc(C(C)(C)C)ccc1N2c1ccc(C(C)(C)C)cc1. The van der Waals surface area contributed by atoms with Crippen LogP contribution in [0.3, 0.4) is 0 Å². The average Bonchev–Trinajstić information content (AvgIpc) is 3.19. The molecule has 0 fully saturated rings. The summed E-state index contributed by atoms with van der Waals surface area (Å²) in [6.45, 7) is 27.6. The lowest BCUT2D eigenvalue weighted by atomic mass is 9.33. The molecule has 2 aliphatic rings. The van der Waals surface area contributed by atoms with Crippen molar-refractivity contribution in [1.82, 2.24) is 0 Å². The second-order valence-electron chi connectivity index (χ2n) is 20.6. The van der Waals surface area contributed by atoms with Gasteiger partial charge in [-0.05, 0) is 158 Å².